The van der Waals surface area contributed by atoms with Crippen molar-refractivity contribution in [2.45, 2.75) is 31.6 Å². The van der Waals surface area contributed by atoms with E-state index in [1.807, 2.05) is 24.0 Å². The molecule has 2 aromatic rings. The van der Waals surface area contributed by atoms with Crippen LogP contribution in [0.15, 0.2) is 53.4 Å². The van der Waals surface area contributed by atoms with E-state index in [0.29, 0.717) is 17.2 Å². The Morgan fingerprint density at radius 1 is 1.08 bits per heavy atom. The number of hydrogen-bond acceptors (Lipinski definition) is 3. The molecular formula is C20H24N2O3S. The number of amides is 1. The van der Waals surface area contributed by atoms with Gasteiger partial charge in [-0.25, -0.2) is 8.42 Å². The average Bonchev–Trinajstić information content (AvgIpc) is 2.63. The first kappa shape index (κ1) is 18.5. The van der Waals surface area contributed by atoms with E-state index in [0.717, 1.165) is 31.5 Å². The maximum atomic E-state index is 12.6. The number of hydrogen-bond donors (Lipinski definition) is 1. The average molecular weight is 372 g/mol. The molecule has 1 saturated heterocycles. The summed E-state index contributed by atoms with van der Waals surface area (Å²) in [5, 5.41) is 0. The van der Waals surface area contributed by atoms with Crippen molar-refractivity contribution in [3.05, 3.63) is 59.7 Å². The molecule has 6 heteroatoms. The van der Waals surface area contributed by atoms with Gasteiger partial charge >= 0.3 is 0 Å². The van der Waals surface area contributed by atoms with Gasteiger partial charge in [0, 0.05) is 24.3 Å². The molecule has 1 atom stereocenters. The number of nitrogens with zero attached hydrogens (tertiary/aromatic N) is 1. The SMILES string of the molecule is Cc1ccc(NS(=O)(=O)c2ccc(C(=O)N3CCCC(C)C3)cc2)cc1. The molecule has 138 valence electrons. The van der Waals surface area contributed by atoms with Crippen LogP contribution in [-0.2, 0) is 10.0 Å². The van der Waals surface area contributed by atoms with Crippen LogP contribution in [0.1, 0.15) is 35.7 Å². The highest BCUT2D eigenvalue weighted by molar-refractivity contribution is 7.92. The maximum Gasteiger partial charge on any atom is 0.261 e. The smallest absolute Gasteiger partial charge is 0.261 e. The Labute approximate surface area is 155 Å². The summed E-state index contributed by atoms with van der Waals surface area (Å²) in [7, 11) is -3.68. The van der Waals surface area contributed by atoms with Crippen molar-refractivity contribution < 1.29 is 13.2 Å². The van der Waals surface area contributed by atoms with Gasteiger partial charge in [-0.05, 0) is 62.1 Å². The zero-order valence-electron chi connectivity index (χ0n) is 15.1. The van der Waals surface area contributed by atoms with E-state index in [2.05, 4.69) is 11.6 Å². The van der Waals surface area contributed by atoms with Crippen LogP contribution < -0.4 is 4.72 Å². The molecule has 0 aliphatic carbocycles. The number of nitrogens with one attached hydrogen (secondary N) is 1. The van der Waals surface area contributed by atoms with Crippen LogP contribution in [0.25, 0.3) is 0 Å². The van der Waals surface area contributed by atoms with Crippen molar-refractivity contribution in [2.24, 2.45) is 5.92 Å². The Kier molecular flexibility index (Phi) is 5.32. The van der Waals surface area contributed by atoms with Crippen LogP contribution in [0.4, 0.5) is 5.69 Å². The summed E-state index contributed by atoms with van der Waals surface area (Å²) in [4.78, 5) is 14.6. The minimum absolute atomic E-state index is 0.0352. The second-order valence-corrected chi connectivity index (χ2v) is 8.68. The summed E-state index contributed by atoms with van der Waals surface area (Å²) >= 11 is 0. The van der Waals surface area contributed by atoms with E-state index in [-0.39, 0.29) is 10.8 Å². The highest BCUT2D eigenvalue weighted by atomic mass is 32.2. The largest absolute Gasteiger partial charge is 0.338 e. The van der Waals surface area contributed by atoms with Crippen LogP contribution >= 0.6 is 0 Å². The third-order valence-electron chi connectivity index (χ3n) is 4.66. The monoisotopic (exact) mass is 372 g/mol. The normalized spacial score (nSPS) is 17.8. The van der Waals surface area contributed by atoms with Gasteiger partial charge in [0.2, 0.25) is 0 Å². The van der Waals surface area contributed by atoms with Gasteiger partial charge in [-0.2, -0.15) is 0 Å². The van der Waals surface area contributed by atoms with Gasteiger partial charge < -0.3 is 4.90 Å². The first-order chi connectivity index (χ1) is 12.3. The fourth-order valence-electron chi connectivity index (χ4n) is 3.17. The lowest BCUT2D eigenvalue weighted by atomic mass is 9.99. The van der Waals surface area contributed by atoms with Crippen LogP contribution in [0.5, 0.6) is 0 Å². The van der Waals surface area contributed by atoms with E-state index in [1.54, 1.807) is 24.3 Å². The summed E-state index contributed by atoms with van der Waals surface area (Å²) < 4.78 is 27.6. The maximum absolute atomic E-state index is 12.6. The van der Waals surface area contributed by atoms with E-state index >= 15 is 0 Å². The molecule has 2 aromatic carbocycles. The first-order valence-corrected chi connectivity index (χ1v) is 10.3. The lowest BCUT2D eigenvalue weighted by Gasteiger charge is -2.31. The molecule has 5 nitrogen and oxygen atoms in total. The number of carbonyl (C=O) groups is 1. The van der Waals surface area contributed by atoms with Crippen molar-refractivity contribution in [1.29, 1.82) is 0 Å². The van der Waals surface area contributed by atoms with E-state index in [9.17, 15) is 13.2 Å². The molecule has 26 heavy (non-hydrogen) atoms. The molecule has 0 saturated carbocycles. The predicted octanol–water partition coefficient (Wildman–Crippen LogP) is 3.67. The second-order valence-electron chi connectivity index (χ2n) is 6.99. The van der Waals surface area contributed by atoms with Crippen LogP contribution in [-0.4, -0.2) is 32.3 Å². The third-order valence-corrected chi connectivity index (χ3v) is 6.06. The van der Waals surface area contributed by atoms with Crippen molar-refractivity contribution in [1.82, 2.24) is 4.90 Å². The molecule has 0 spiro atoms. The first-order valence-electron chi connectivity index (χ1n) is 8.84. The second kappa shape index (κ2) is 7.50. The Morgan fingerprint density at radius 3 is 2.35 bits per heavy atom. The summed E-state index contributed by atoms with van der Waals surface area (Å²) in [6.45, 7) is 5.61. The summed E-state index contributed by atoms with van der Waals surface area (Å²) in [5.74, 6) is 0.470. The Bertz CT molecular complexity index is 874. The van der Waals surface area contributed by atoms with Crippen molar-refractivity contribution in [3.8, 4) is 0 Å². The van der Waals surface area contributed by atoms with E-state index in [4.69, 9.17) is 0 Å². The molecule has 1 aliphatic rings. The Morgan fingerprint density at radius 2 is 1.73 bits per heavy atom. The van der Waals surface area contributed by atoms with Gasteiger partial charge in [0.05, 0.1) is 4.90 Å². The fourth-order valence-corrected chi connectivity index (χ4v) is 4.23. The number of benzene rings is 2. The highest BCUT2D eigenvalue weighted by Gasteiger charge is 2.22. The van der Waals surface area contributed by atoms with E-state index < -0.39 is 10.0 Å². The molecule has 1 aliphatic heterocycles. The summed E-state index contributed by atoms with van der Waals surface area (Å²) in [5.41, 5.74) is 2.09. The van der Waals surface area contributed by atoms with Crippen LogP contribution in [0.2, 0.25) is 0 Å². The lowest BCUT2D eigenvalue weighted by molar-refractivity contribution is 0.0683. The molecule has 1 N–H and O–H groups in total. The van der Waals surface area contributed by atoms with Crippen molar-refractivity contribution in [2.75, 3.05) is 17.8 Å². The van der Waals surface area contributed by atoms with Gasteiger partial charge in [0.25, 0.3) is 15.9 Å². The number of sulfonamides is 1. The molecule has 3 rings (SSSR count). The summed E-state index contributed by atoms with van der Waals surface area (Å²) in [6.07, 6.45) is 2.16. The topological polar surface area (TPSA) is 66.5 Å². The molecule has 0 aromatic heterocycles. The quantitative estimate of drug-likeness (QED) is 0.890. The molecular weight excluding hydrogens is 348 g/mol. The van der Waals surface area contributed by atoms with Crippen molar-refractivity contribution in [3.63, 3.8) is 0 Å². The number of anilines is 1. The molecule has 0 radical (unpaired) electrons. The van der Waals surface area contributed by atoms with Crippen molar-refractivity contribution >= 4 is 21.6 Å². The fraction of sp³-hybridized carbons (Fsp3) is 0.350. The van der Waals surface area contributed by atoms with Gasteiger partial charge in [-0.15, -0.1) is 0 Å². The third kappa shape index (κ3) is 4.25. The molecule has 1 heterocycles. The molecule has 1 amide bonds. The van der Waals surface area contributed by atoms with Gasteiger partial charge in [0.1, 0.15) is 0 Å². The number of piperidine rings is 1. The Hall–Kier alpha value is -2.34. The summed E-state index contributed by atoms with van der Waals surface area (Å²) in [6, 6.07) is 13.3. The number of rotatable bonds is 4. The van der Waals surface area contributed by atoms with Crippen LogP contribution in [0, 0.1) is 12.8 Å². The molecule has 0 bridgehead atoms. The molecule has 1 unspecified atom stereocenters. The minimum Gasteiger partial charge on any atom is -0.338 e. The Balaban J connectivity index is 1.73. The number of aryl methyl sites for hydroxylation is 1. The standard InChI is InChI=1S/C20H24N2O3S/c1-15-5-9-18(10-6-15)21-26(24,25)19-11-7-17(8-12-19)20(23)22-13-3-4-16(2)14-22/h5-12,16,21H,3-4,13-14H2,1-2H3. The number of likely N-dealkylation sites (tertiary alicyclic amines) is 1. The number of carbonyl (C=O) groups excluding carboxylic acids is 1. The zero-order chi connectivity index (χ0) is 18.7. The predicted molar refractivity (Wildman–Crippen MR) is 103 cm³/mol. The van der Waals surface area contributed by atoms with Gasteiger partial charge in [-0.1, -0.05) is 24.6 Å². The van der Waals surface area contributed by atoms with Crippen LogP contribution in [0.3, 0.4) is 0 Å². The van der Waals surface area contributed by atoms with Gasteiger partial charge in [0.15, 0.2) is 0 Å². The minimum atomic E-state index is -3.68. The highest BCUT2D eigenvalue weighted by Crippen LogP contribution is 2.20. The zero-order valence-corrected chi connectivity index (χ0v) is 15.9. The van der Waals surface area contributed by atoms with E-state index in [1.165, 1.54) is 12.1 Å². The lowest BCUT2D eigenvalue weighted by Crippen LogP contribution is -2.39. The molecule has 1 fully saturated rings. The van der Waals surface area contributed by atoms with Gasteiger partial charge in [-0.3, -0.25) is 9.52 Å².